The molecule has 7 heteroatoms. The van der Waals surface area contributed by atoms with Crippen molar-refractivity contribution in [3.63, 3.8) is 0 Å². The highest BCUT2D eigenvalue weighted by molar-refractivity contribution is 6.74. The second-order valence-corrected chi connectivity index (χ2v) is 24.9. The van der Waals surface area contributed by atoms with Crippen molar-refractivity contribution in [3.8, 4) is 0 Å². The molecule has 1 rings (SSSR count). The van der Waals surface area contributed by atoms with E-state index in [0.717, 1.165) is 25.7 Å². The monoisotopic (exact) mass is 634 g/mol. The predicted octanol–water partition coefficient (Wildman–Crippen LogP) is 10.3. The molecular weight excluding hydrogens is 569 g/mol. The van der Waals surface area contributed by atoms with Crippen LogP contribution in [0.25, 0.3) is 0 Å². The second kappa shape index (κ2) is 18.0. The number of rotatable bonds is 18. The Morgan fingerprint density at radius 2 is 1.60 bits per heavy atom. The molecule has 1 aliphatic carbocycles. The van der Waals surface area contributed by atoms with Crippen LogP contribution in [0.3, 0.4) is 0 Å². The fourth-order valence-electron chi connectivity index (χ4n) is 4.81. The van der Waals surface area contributed by atoms with E-state index in [1.807, 2.05) is 19.1 Å². The quantitative estimate of drug-likeness (QED) is 0.0650. The van der Waals surface area contributed by atoms with E-state index < -0.39 is 16.6 Å². The summed E-state index contributed by atoms with van der Waals surface area (Å²) in [6, 6.07) is 0. The van der Waals surface area contributed by atoms with Gasteiger partial charge in [0.1, 0.15) is 12.4 Å². The number of hydrogen-bond acceptors (Lipinski definition) is 5. The molecular formula is C36H66O5Si2. The molecule has 0 spiro atoms. The zero-order valence-electron chi connectivity index (χ0n) is 29.9. The number of carbonyl (C=O) groups is 2. The van der Waals surface area contributed by atoms with Crippen molar-refractivity contribution in [1.29, 1.82) is 0 Å². The summed E-state index contributed by atoms with van der Waals surface area (Å²) in [7, 11) is -4.02. The SMILES string of the molecule is C/C=C/COC(=O)CCC/C=C\C[C@H]1C(=O)CC(O[Si](C)(C)C(C)(C)C)[C@@H]1/C=C/C(CCCCC)O[Si](C)(C)C(C)(C)C. The molecule has 0 heterocycles. The second-order valence-electron chi connectivity index (χ2n) is 15.4. The lowest BCUT2D eigenvalue weighted by atomic mass is 9.90. The number of unbranched alkanes of at least 4 members (excludes halogenated alkanes) is 3. The Morgan fingerprint density at radius 1 is 0.953 bits per heavy atom. The summed E-state index contributed by atoms with van der Waals surface area (Å²) in [6.45, 7) is 27.3. The first-order valence-electron chi connectivity index (χ1n) is 16.8. The average molecular weight is 635 g/mol. The van der Waals surface area contributed by atoms with Crippen molar-refractivity contribution in [1.82, 2.24) is 0 Å². The molecule has 0 bridgehead atoms. The smallest absolute Gasteiger partial charge is 0.306 e. The van der Waals surface area contributed by atoms with Gasteiger partial charge in [0.05, 0.1) is 12.2 Å². The number of allylic oxidation sites excluding steroid dienone is 3. The highest BCUT2D eigenvalue weighted by Gasteiger charge is 2.47. The first-order chi connectivity index (χ1) is 19.9. The van der Waals surface area contributed by atoms with Gasteiger partial charge >= 0.3 is 5.97 Å². The van der Waals surface area contributed by atoms with Crippen LogP contribution in [0.2, 0.25) is 36.3 Å². The van der Waals surface area contributed by atoms with Crippen LogP contribution in [0.15, 0.2) is 36.5 Å². The fourth-order valence-corrected chi connectivity index (χ4v) is 7.47. The number of hydrogen-bond donors (Lipinski definition) is 0. The number of esters is 1. The van der Waals surface area contributed by atoms with Crippen molar-refractivity contribution in [2.75, 3.05) is 6.61 Å². The van der Waals surface area contributed by atoms with E-state index >= 15 is 0 Å². The first kappa shape index (κ1) is 39.7. The molecule has 0 amide bonds. The number of ether oxygens (including phenoxy) is 1. The maximum Gasteiger partial charge on any atom is 0.306 e. The lowest BCUT2D eigenvalue weighted by Crippen LogP contribution is -2.45. The lowest BCUT2D eigenvalue weighted by Gasteiger charge is -2.40. The van der Waals surface area contributed by atoms with Crippen LogP contribution in [-0.4, -0.2) is 47.2 Å². The van der Waals surface area contributed by atoms with Crippen molar-refractivity contribution in [3.05, 3.63) is 36.5 Å². The van der Waals surface area contributed by atoms with Gasteiger partial charge in [-0.1, -0.05) is 104 Å². The van der Waals surface area contributed by atoms with Crippen molar-refractivity contribution in [2.45, 2.75) is 162 Å². The van der Waals surface area contributed by atoms with Gasteiger partial charge in [-0.25, -0.2) is 0 Å². The van der Waals surface area contributed by atoms with E-state index in [1.54, 1.807) is 0 Å². The van der Waals surface area contributed by atoms with Gasteiger partial charge in [0.15, 0.2) is 16.6 Å². The molecule has 1 aliphatic rings. The third-order valence-corrected chi connectivity index (χ3v) is 18.7. The van der Waals surface area contributed by atoms with Crippen LogP contribution in [0.4, 0.5) is 0 Å². The molecule has 248 valence electrons. The Balaban J connectivity index is 3.13. The van der Waals surface area contributed by atoms with Crippen LogP contribution in [-0.2, 0) is 23.2 Å². The van der Waals surface area contributed by atoms with Gasteiger partial charge in [-0.15, -0.1) is 0 Å². The van der Waals surface area contributed by atoms with Crippen molar-refractivity contribution >= 4 is 28.4 Å². The van der Waals surface area contributed by atoms with E-state index in [9.17, 15) is 9.59 Å². The summed E-state index contributed by atoms with van der Waals surface area (Å²) < 4.78 is 19.0. The van der Waals surface area contributed by atoms with Gasteiger partial charge in [0.25, 0.3) is 0 Å². The zero-order chi connectivity index (χ0) is 32.9. The fraction of sp³-hybridized carbons (Fsp3) is 0.778. The Kier molecular flexibility index (Phi) is 16.6. The minimum absolute atomic E-state index is 0.0320. The summed E-state index contributed by atoms with van der Waals surface area (Å²) in [5, 5.41) is 0.210. The first-order valence-corrected chi connectivity index (χ1v) is 22.7. The summed E-state index contributed by atoms with van der Waals surface area (Å²) in [5.74, 6) is 0.0620. The molecule has 2 unspecified atom stereocenters. The molecule has 43 heavy (non-hydrogen) atoms. The van der Waals surface area contributed by atoms with E-state index in [4.69, 9.17) is 13.6 Å². The molecule has 1 fully saturated rings. The van der Waals surface area contributed by atoms with Crippen LogP contribution >= 0.6 is 0 Å². The van der Waals surface area contributed by atoms with Gasteiger partial charge < -0.3 is 13.6 Å². The predicted molar refractivity (Wildman–Crippen MR) is 187 cm³/mol. The Hall–Kier alpha value is -1.29. The van der Waals surface area contributed by atoms with E-state index in [0.29, 0.717) is 31.7 Å². The lowest BCUT2D eigenvalue weighted by molar-refractivity contribution is -0.142. The van der Waals surface area contributed by atoms with Gasteiger partial charge in [-0.05, 0) is 68.9 Å². The van der Waals surface area contributed by atoms with Crippen LogP contribution in [0.5, 0.6) is 0 Å². The van der Waals surface area contributed by atoms with E-state index in [2.05, 4.69) is 99.0 Å². The number of carbonyl (C=O) groups excluding carboxylic acids is 2. The van der Waals surface area contributed by atoms with E-state index in [-0.39, 0.29) is 40.1 Å². The third-order valence-electron chi connectivity index (χ3n) is 9.74. The maximum atomic E-state index is 13.5. The topological polar surface area (TPSA) is 61.8 Å². The molecule has 0 aromatic carbocycles. The van der Waals surface area contributed by atoms with Crippen LogP contribution in [0, 0.1) is 11.8 Å². The highest BCUT2D eigenvalue weighted by atomic mass is 28.4. The Labute approximate surface area is 267 Å². The van der Waals surface area contributed by atoms with Crippen LogP contribution < -0.4 is 0 Å². The van der Waals surface area contributed by atoms with Gasteiger partial charge in [0.2, 0.25) is 0 Å². The summed E-state index contributed by atoms with van der Waals surface area (Å²) >= 11 is 0. The normalized spacial score (nSPS) is 21.5. The van der Waals surface area contributed by atoms with Crippen LogP contribution in [0.1, 0.15) is 113 Å². The Bertz CT molecular complexity index is 936. The molecule has 4 atom stereocenters. The third kappa shape index (κ3) is 13.7. The molecule has 5 nitrogen and oxygen atoms in total. The minimum atomic E-state index is -2.06. The largest absolute Gasteiger partial charge is 0.461 e. The Morgan fingerprint density at radius 3 is 2.19 bits per heavy atom. The van der Waals surface area contributed by atoms with Gasteiger partial charge in [-0.3, -0.25) is 9.59 Å². The average Bonchev–Trinajstić information content (AvgIpc) is 3.16. The number of ketones is 1. The molecule has 0 aromatic rings. The number of Topliss-reactive ketones (excluding diaryl/α,β-unsaturated/α-hetero) is 1. The molecule has 0 saturated heterocycles. The molecule has 1 saturated carbocycles. The zero-order valence-corrected chi connectivity index (χ0v) is 31.9. The standard InChI is InChI=1S/C36H66O5Si2/c1-13-15-19-22-29(40-42(9,10)35(3,4)5)25-26-31-30(23-20-17-18-21-24-34(38)39-27-16-14-2)32(37)28-33(31)41-43(11,12)36(6,7)8/h14,16-17,20,25-26,29-31,33H,13,15,18-19,21-24,27-28H2,1-12H3/b16-14+,20-17-,26-25+/t29?,30-,31-,33?/m1/s1. The van der Waals surface area contributed by atoms with Gasteiger partial charge in [0, 0.05) is 24.7 Å². The van der Waals surface area contributed by atoms with Crippen molar-refractivity contribution < 1.29 is 23.2 Å². The van der Waals surface area contributed by atoms with E-state index in [1.165, 1.54) is 12.8 Å². The summed E-state index contributed by atoms with van der Waals surface area (Å²) in [5.41, 5.74) is 0. The molecule has 0 aliphatic heterocycles. The van der Waals surface area contributed by atoms with Crippen molar-refractivity contribution in [2.24, 2.45) is 11.8 Å². The molecule has 0 aromatic heterocycles. The molecule has 0 N–H and O–H groups in total. The summed E-state index contributed by atoms with van der Waals surface area (Å²) in [4.78, 5) is 25.3. The minimum Gasteiger partial charge on any atom is -0.461 e. The van der Waals surface area contributed by atoms with Gasteiger partial charge in [-0.2, -0.15) is 0 Å². The molecule has 0 radical (unpaired) electrons. The maximum absolute atomic E-state index is 13.5. The highest BCUT2D eigenvalue weighted by Crippen LogP contribution is 2.43. The summed E-state index contributed by atoms with van der Waals surface area (Å²) in [6.07, 6.45) is 20.1.